The maximum atomic E-state index is 13.1. The standard InChI is InChI=1S/C22H26N6O2/c1-15(11-19-26-24-14-27(19)4)16-7-5-8-17(12-16)25-21(29)28-13-22(2,3)30-18-9-6-10-23-20(18)28/h5-10,12,14-15H,11,13H2,1-4H3,(H,25,29). The molecule has 3 aromatic rings. The molecule has 0 fully saturated rings. The van der Waals surface area contributed by atoms with Gasteiger partial charge < -0.3 is 14.6 Å². The van der Waals surface area contributed by atoms with E-state index in [2.05, 4.69) is 33.5 Å². The molecule has 1 aromatic carbocycles. The number of rotatable bonds is 4. The lowest BCUT2D eigenvalue weighted by atomic mass is 9.97. The first-order chi connectivity index (χ1) is 14.3. The molecule has 1 aliphatic heterocycles. The van der Waals surface area contributed by atoms with Gasteiger partial charge in [0.2, 0.25) is 0 Å². The summed E-state index contributed by atoms with van der Waals surface area (Å²) in [7, 11) is 1.94. The largest absolute Gasteiger partial charge is 0.482 e. The number of nitrogens with zero attached hydrogens (tertiary/aromatic N) is 5. The summed E-state index contributed by atoms with van der Waals surface area (Å²) in [5.41, 5.74) is 1.36. The molecule has 1 unspecified atom stereocenters. The Hall–Kier alpha value is -3.42. The van der Waals surface area contributed by atoms with Gasteiger partial charge in [0.1, 0.15) is 17.8 Å². The number of pyridine rings is 1. The highest BCUT2D eigenvalue weighted by atomic mass is 16.5. The van der Waals surface area contributed by atoms with Crippen LogP contribution >= 0.6 is 0 Å². The van der Waals surface area contributed by atoms with Crippen LogP contribution in [0.15, 0.2) is 48.9 Å². The fourth-order valence-electron chi connectivity index (χ4n) is 3.62. The molecule has 0 saturated heterocycles. The second kappa shape index (κ2) is 7.78. The molecule has 0 saturated carbocycles. The fraction of sp³-hybridized carbons (Fsp3) is 0.364. The van der Waals surface area contributed by atoms with Gasteiger partial charge in [0.15, 0.2) is 11.6 Å². The number of ether oxygens (including phenoxy) is 1. The van der Waals surface area contributed by atoms with Gasteiger partial charge in [0.25, 0.3) is 0 Å². The predicted molar refractivity (Wildman–Crippen MR) is 115 cm³/mol. The molecule has 2 amide bonds. The van der Waals surface area contributed by atoms with Crippen LogP contribution in [-0.2, 0) is 13.5 Å². The highest BCUT2D eigenvalue weighted by Crippen LogP contribution is 2.35. The molecule has 0 radical (unpaired) electrons. The number of anilines is 2. The van der Waals surface area contributed by atoms with Gasteiger partial charge in [-0.3, -0.25) is 4.90 Å². The molecule has 1 N–H and O–H groups in total. The smallest absolute Gasteiger partial charge is 0.327 e. The third-order valence-electron chi connectivity index (χ3n) is 5.18. The molecule has 0 spiro atoms. The first-order valence-electron chi connectivity index (χ1n) is 9.98. The minimum atomic E-state index is -0.500. The maximum absolute atomic E-state index is 13.1. The molecule has 1 atom stereocenters. The second-order valence-electron chi connectivity index (χ2n) is 8.29. The van der Waals surface area contributed by atoms with Crippen molar-refractivity contribution in [1.29, 1.82) is 0 Å². The van der Waals surface area contributed by atoms with Crippen LogP contribution in [0.2, 0.25) is 0 Å². The molecular weight excluding hydrogens is 380 g/mol. The third kappa shape index (κ3) is 4.12. The van der Waals surface area contributed by atoms with Crippen molar-refractivity contribution in [3.05, 3.63) is 60.3 Å². The van der Waals surface area contributed by atoms with Crippen molar-refractivity contribution in [3.8, 4) is 5.75 Å². The van der Waals surface area contributed by atoms with Crippen molar-refractivity contribution in [2.75, 3.05) is 16.8 Å². The van der Waals surface area contributed by atoms with Crippen molar-refractivity contribution < 1.29 is 9.53 Å². The predicted octanol–water partition coefficient (Wildman–Crippen LogP) is 3.77. The van der Waals surface area contributed by atoms with Crippen molar-refractivity contribution in [2.24, 2.45) is 7.05 Å². The fourth-order valence-corrected chi connectivity index (χ4v) is 3.62. The monoisotopic (exact) mass is 406 g/mol. The molecule has 4 rings (SSSR count). The average Bonchev–Trinajstić information content (AvgIpc) is 3.11. The van der Waals surface area contributed by atoms with E-state index in [-0.39, 0.29) is 11.9 Å². The number of benzene rings is 1. The summed E-state index contributed by atoms with van der Waals surface area (Å²) in [6.45, 7) is 6.46. The zero-order valence-corrected chi connectivity index (χ0v) is 17.7. The normalized spacial score (nSPS) is 15.8. The summed E-state index contributed by atoms with van der Waals surface area (Å²) in [6, 6.07) is 11.3. The number of carbonyl (C=O) groups is 1. The van der Waals surface area contributed by atoms with Gasteiger partial charge in [-0.05, 0) is 49.6 Å². The van der Waals surface area contributed by atoms with Crippen molar-refractivity contribution >= 4 is 17.5 Å². The summed E-state index contributed by atoms with van der Waals surface area (Å²) in [5.74, 6) is 2.29. The summed E-state index contributed by atoms with van der Waals surface area (Å²) in [5, 5.41) is 11.1. The number of nitrogens with one attached hydrogen (secondary N) is 1. The van der Waals surface area contributed by atoms with Crippen molar-refractivity contribution in [3.63, 3.8) is 0 Å². The molecule has 0 aliphatic carbocycles. The van der Waals surface area contributed by atoms with Gasteiger partial charge in [0, 0.05) is 25.4 Å². The number of hydrogen-bond donors (Lipinski definition) is 1. The minimum Gasteiger partial charge on any atom is -0.482 e. The molecule has 0 bridgehead atoms. The average molecular weight is 406 g/mol. The zero-order valence-electron chi connectivity index (χ0n) is 17.7. The Balaban J connectivity index is 1.51. The number of hydrogen-bond acceptors (Lipinski definition) is 5. The SMILES string of the molecule is CC(Cc1nncn1C)c1cccc(NC(=O)N2CC(C)(C)Oc3cccnc32)c1. The van der Waals surface area contributed by atoms with Crippen LogP contribution in [-0.4, -0.2) is 37.9 Å². The highest BCUT2D eigenvalue weighted by molar-refractivity contribution is 6.02. The molecule has 1 aliphatic rings. The van der Waals surface area contributed by atoms with Crippen LogP contribution in [0, 0.1) is 0 Å². The summed E-state index contributed by atoms with van der Waals surface area (Å²) < 4.78 is 7.89. The lowest BCUT2D eigenvalue weighted by Gasteiger charge is -2.38. The van der Waals surface area contributed by atoms with E-state index in [4.69, 9.17) is 4.74 Å². The Morgan fingerprint density at radius 3 is 2.90 bits per heavy atom. The third-order valence-corrected chi connectivity index (χ3v) is 5.18. The maximum Gasteiger partial charge on any atom is 0.327 e. The van der Waals surface area contributed by atoms with E-state index in [9.17, 15) is 4.79 Å². The number of fused-ring (bicyclic) bond motifs is 1. The van der Waals surface area contributed by atoms with Gasteiger partial charge in [0.05, 0.1) is 6.54 Å². The number of amides is 2. The van der Waals surface area contributed by atoms with E-state index in [1.165, 1.54) is 0 Å². The Morgan fingerprint density at radius 1 is 1.30 bits per heavy atom. The Kier molecular flexibility index (Phi) is 5.15. The van der Waals surface area contributed by atoms with Crippen LogP contribution in [0.4, 0.5) is 16.3 Å². The summed E-state index contributed by atoms with van der Waals surface area (Å²) in [4.78, 5) is 19.1. The summed E-state index contributed by atoms with van der Waals surface area (Å²) in [6.07, 6.45) is 4.13. The second-order valence-corrected chi connectivity index (χ2v) is 8.29. The van der Waals surface area contributed by atoms with E-state index in [0.29, 0.717) is 18.1 Å². The van der Waals surface area contributed by atoms with Gasteiger partial charge >= 0.3 is 6.03 Å². The Bertz CT molecular complexity index is 1060. The highest BCUT2D eigenvalue weighted by Gasteiger charge is 2.35. The number of aryl methyl sites for hydroxylation is 1. The van der Waals surface area contributed by atoms with Crippen LogP contribution in [0.3, 0.4) is 0 Å². The van der Waals surface area contributed by atoms with Gasteiger partial charge in [-0.15, -0.1) is 10.2 Å². The molecular formula is C22H26N6O2. The van der Waals surface area contributed by atoms with E-state index in [1.54, 1.807) is 23.5 Å². The van der Waals surface area contributed by atoms with Crippen LogP contribution in [0.25, 0.3) is 0 Å². The molecule has 30 heavy (non-hydrogen) atoms. The molecule has 8 heteroatoms. The number of carbonyl (C=O) groups excluding carboxylic acids is 1. The number of urea groups is 1. The molecule has 2 aromatic heterocycles. The van der Waals surface area contributed by atoms with Crippen LogP contribution in [0.5, 0.6) is 5.75 Å². The van der Waals surface area contributed by atoms with Crippen molar-refractivity contribution in [2.45, 2.75) is 38.7 Å². The first kappa shape index (κ1) is 19.9. The van der Waals surface area contributed by atoms with E-state index in [0.717, 1.165) is 23.5 Å². The van der Waals surface area contributed by atoms with Crippen LogP contribution < -0.4 is 15.0 Å². The van der Waals surface area contributed by atoms with Gasteiger partial charge in [-0.1, -0.05) is 19.1 Å². The molecule has 156 valence electrons. The topological polar surface area (TPSA) is 85.2 Å². The molecule has 8 nitrogen and oxygen atoms in total. The number of aromatic nitrogens is 4. The minimum absolute atomic E-state index is 0.231. The summed E-state index contributed by atoms with van der Waals surface area (Å²) >= 11 is 0. The Morgan fingerprint density at radius 2 is 2.13 bits per heavy atom. The lowest BCUT2D eigenvalue weighted by molar-refractivity contribution is 0.106. The Labute approximate surface area is 175 Å². The van der Waals surface area contributed by atoms with Crippen molar-refractivity contribution in [1.82, 2.24) is 19.7 Å². The van der Waals surface area contributed by atoms with Gasteiger partial charge in [-0.25, -0.2) is 9.78 Å². The lowest BCUT2D eigenvalue weighted by Crippen LogP contribution is -2.51. The quantitative estimate of drug-likeness (QED) is 0.713. The van der Waals surface area contributed by atoms with E-state index >= 15 is 0 Å². The molecule has 3 heterocycles. The zero-order chi connectivity index (χ0) is 21.3. The van der Waals surface area contributed by atoms with E-state index in [1.807, 2.05) is 49.7 Å². The van der Waals surface area contributed by atoms with E-state index < -0.39 is 5.60 Å². The first-order valence-corrected chi connectivity index (χ1v) is 9.98. The van der Waals surface area contributed by atoms with Crippen LogP contribution in [0.1, 0.15) is 38.1 Å². The van der Waals surface area contributed by atoms with Gasteiger partial charge in [-0.2, -0.15) is 0 Å².